The van der Waals surface area contributed by atoms with Crippen LogP contribution in [-0.4, -0.2) is 16.4 Å². The van der Waals surface area contributed by atoms with Crippen molar-refractivity contribution in [3.63, 3.8) is 0 Å². The molecule has 3 nitrogen and oxygen atoms in total. The van der Waals surface area contributed by atoms with E-state index in [1.807, 2.05) is 52.0 Å². The predicted molar refractivity (Wildman–Crippen MR) is 151 cm³/mol. The van der Waals surface area contributed by atoms with Gasteiger partial charge in [0.1, 0.15) is 0 Å². The Balaban J connectivity index is 0.00000408. The Hall–Kier alpha value is -2.49. The first-order valence-electron chi connectivity index (χ1n) is 11.6. The third-order valence-electron chi connectivity index (χ3n) is 5.79. The van der Waals surface area contributed by atoms with Crippen LogP contribution >= 0.6 is 24.0 Å². The average Bonchev–Trinajstić information content (AvgIpc) is 2.75. The van der Waals surface area contributed by atoms with E-state index in [1.165, 1.54) is 11.1 Å². The van der Waals surface area contributed by atoms with Gasteiger partial charge in [0.2, 0.25) is 0 Å². The normalized spacial score (nSPS) is 12.3. The minimum atomic E-state index is 0. The Bertz CT molecular complexity index is 1170. The van der Waals surface area contributed by atoms with E-state index in [-0.39, 0.29) is 12.4 Å². The van der Waals surface area contributed by atoms with Crippen LogP contribution in [0.2, 0.25) is 5.02 Å². The zero-order chi connectivity index (χ0) is 24.3. The number of aryl methyl sites for hydroxylation is 2. The van der Waals surface area contributed by atoms with Crippen molar-refractivity contribution in [2.45, 2.75) is 67.2 Å². The van der Waals surface area contributed by atoms with E-state index in [2.05, 4.69) is 52.0 Å². The molecule has 0 unspecified atom stereocenters. The Kier molecular flexibility index (Phi) is 9.61. The van der Waals surface area contributed by atoms with E-state index in [0.29, 0.717) is 16.9 Å². The Labute approximate surface area is 215 Å². The number of pyridine rings is 1. The van der Waals surface area contributed by atoms with Crippen LogP contribution in [0.5, 0.6) is 0 Å². The van der Waals surface area contributed by atoms with Gasteiger partial charge in [-0.15, -0.1) is 12.4 Å². The molecule has 0 radical (unpaired) electrons. The minimum absolute atomic E-state index is 0. The molecule has 180 valence electrons. The minimum Gasteiger partial charge on any atom is -0.251 e. The van der Waals surface area contributed by atoms with Crippen molar-refractivity contribution in [2.24, 2.45) is 9.98 Å². The SMILES string of the molecule is CC(=Nc1c(C)cc(C)cc1Cl)c1cccc(C(C)=Nc2c(C(C)C)cccc2C(C)C)n1.Cl. The van der Waals surface area contributed by atoms with Crippen LogP contribution in [0.4, 0.5) is 11.4 Å². The third-order valence-corrected chi connectivity index (χ3v) is 6.08. The van der Waals surface area contributed by atoms with E-state index in [9.17, 15) is 0 Å². The van der Waals surface area contributed by atoms with Crippen molar-refractivity contribution in [1.82, 2.24) is 4.98 Å². The number of rotatable bonds is 6. The molecule has 0 aliphatic heterocycles. The lowest BCUT2D eigenvalue weighted by Crippen LogP contribution is -2.06. The maximum atomic E-state index is 6.47. The Morgan fingerprint density at radius 1 is 0.765 bits per heavy atom. The first kappa shape index (κ1) is 27.8. The zero-order valence-electron chi connectivity index (χ0n) is 21.4. The van der Waals surface area contributed by atoms with Crippen molar-refractivity contribution in [2.75, 3.05) is 0 Å². The third kappa shape index (κ3) is 6.34. The number of halogens is 2. The Morgan fingerprint density at radius 3 is 1.71 bits per heavy atom. The average molecular weight is 497 g/mol. The van der Waals surface area contributed by atoms with Crippen LogP contribution in [0.25, 0.3) is 0 Å². The van der Waals surface area contributed by atoms with Crippen molar-refractivity contribution in [3.05, 3.63) is 87.2 Å². The monoisotopic (exact) mass is 495 g/mol. The summed E-state index contributed by atoms with van der Waals surface area (Å²) in [4.78, 5) is 14.8. The van der Waals surface area contributed by atoms with Crippen LogP contribution in [0.15, 0.2) is 58.5 Å². The molecule has 0 atom stereocenters. The highest BCUT2D eigenvalue weighted by molar-refractivity contribution is 6.33. The fourth-order valence-electron chi connectivity index (χ4n) is 3.98. The molecule has 3 aromatic rings. The van der Waals surface area contributed by atoms with Crippen molar-refractivity contribution in [1.29, 1.82) is 0 Å². The first-order chi connectivity index (χ1) is 15.6. The maximum Gasteiger partial charge on any atom is 0.0849 e. The molecule has 0 spiro atoms. The molecule has 0 bridgehead atoms. The van der Waals surface area contributed by atoms with Gasteiger partial charge in [0.25, 0.3) is 0 Å². The molecule has 34 heavy (non-hydrogen) atoms. The highest BCUT2D eigenvalue weighted by Crippen LogP contribution is 2.35. The largest absolute Gasteiger partial charge is 0.251 e. The van der Waals surface area contributed by atoms with E-state index in [1.54, 1.807) is 0 Å². The van der Waals surface area contributed by atoms with Gasteiger partial charge >= 0.3 is 0 Å². The van der Waals surface area contributed by atoms with Crippen LogP contribution < -0.4 is 0 Å². The number of para-hydroxylation sites is 1. The van der Waals surface area contributed by atoms with E-state index >= 15 is 0 Å². The molecule has 2 aromatic carbocycles. The maximum absolute atomic E-state index is 6.47. The van der Waals surface area contributed by atoms with Crippen LogP contribution in [0, 0.1) is 13.8 Å². The lowest BCUT2D eigenvalue weighted by molar-refractivity contribution is 0.834. The molecule has 1 heterocycles. The van der Waals surface area contributed by atoms with Gasteiger partial charge in [-0.25, -0.2) is 9.98 Å². The van der Waals surface area contributed by atoms with Crippen molar-refractivity contribution in [3.8, 4) is 0 Å². The van der Waals surface area contributed by atoms with Crippen molar-refractivity contribution >= 4 is 46.8 Å². The highest BCUT2D eigenvalue weighted by atomic mass is 35.5. The summed E-state index contributed by atoms with van der Waals surface area (Å²) >= 11 is 6.47. The number of hydrogen-bond acceptors (Lipinski definition) is 3. The van der Waals surface area contributed by atoms with Gasteiger partial charge in [-0.05, 0) is 80.0 Å². The summed E-state index contributed by atoms with van der Waals surface area (Å²) in [6, 6.07) is 16.5. The van der Waals surface area contributed by atoms with Gasteiger partial charge in [0, 0.05) is 0 Å². The second kappa shape index (κ2) is 11.8. The lowest BCUT2D eigenvalue weighted by Gasteiger charge is -2.17. The molecule has 5 heteroatoms. The topological polar surface area (TPSA) is 37.6 Å². The number of hydrogen-bond donors (Lipinski definition) is 0. The summed E-state index contributed by atoms with van der Waals surface area (Å²) in [7, 11) is 0. The number of aliphatic imine (C=N–C) groups is 2. The summed E-state index contributed by atoms with van der Waals surface area (Å²) in [6.07, 6.45) is 0. The van der Waals surface area contributed by atoms with E-state index in [0.717, 1.165) is 45.3 Å². The molecule has 0 aliphatic carbocycles. The predicted octanol–water partition coefficient (Wildman–Crippen LogP) is 9.30. The summed E-state index contributed by atoms with van der Waals surface area (Å²) in [5.74, 6) is 0.790. The molecular formula is C29H35Cl2N3. The second-order valence-electron chi connectivity index (χ2n) is 9.31. The van der Waals surface area contributed by atoms with E-state index in [4.69, 9.17) is 26.6 Å². The molecule has 1 aromatic heterocycles. The van der Waals surface area contributed by atoms with Gasteiger partial charge < -0.3 is 0 Å². The van der Waals surface area contributed by atoms with Crippen LogP contribution in [0.3, 0.4) is 0 Å². The smallest absolute Gasteiger partial charge is 0.0849 e. The zero-order valence-corrected chi connectivity index (χ0v) is 23.0. The Morgan fingerprint density at radius 2 is 1.24 bits per heavy atom. The van der Waals surface area contributed by atoms with Gasteiger partial charge in [0.05, 0.1) is 39.2 Å². The fourth-order valence-corrected chi connectivity index (χ4v) is 4.34. The molecule has 0 aliphatic rings. The number of aromatic nitrogens is 1. The molecular weight excluding hydrogens is 461 g/mol. The van der Waals surface area contributed by atoms with Crippen LogP contribution in [0.1, 0.15) is 87.0 Å². The summed E-state index contributed by atoms with van der Waals surface area (Å²) in [5.41, 5.74) is 9.96. The summed E-state index contributed by atoms with van der Waals surface area (Å²) in [5, 5.41) is 0.659. The number of nitrogens with zero attached hydrogens (tertiary/aromatic N) is 3. The first-order valence-corrected chi connectivity index (χ1v) is 11.9. The van der Waals surface area contributed by atoms with Gasteiger partial charge in [-0.3, -0.25) is 4.99 Å². The molecule has 0 amide bonds. The van der Waals surface area contributed by atoms with Crippen LogP contribution in [-0.2, 0) is 0 Å². The van der Waals surface area contributed by atoms with Gasteiger partial charge in [-0.2, -0.15) is 0 Å². The van der Waals surface area contributed by atoms with E-state index < -0.39 is 0 Å². The fraction of sp³-hybridized carbons (Fsp3) is 0.345. The quantitative estimate of drug-likeness (QED) is 0.313. The van der Waals surface area contributed by atoms with Gasteiger partial charge in [-0.1, -0.05) is 69.6 Å². The number of benzene rings is 2. The molecule has 3 rings (SSSR count). The van der Waals surface area contributed by atoms with Gasteiger partial charge in [0.15, 0.2) is 0 Å². The molecule has 0 saturated carbocycles. The lowest BCUT2D eigenvalue weighted by atomic mass is 9.93. The summed E-state index contributed by atoms with van der Waals surface area (Å²) < 4.78 is 0. The molecule has 0 fully saturated rings. The molecule has 0 N–H and O–H groups in total. The standard InChI is InChI=1S/C29H34ClN3.ClH/c1-17(2)23-11-9-12-24(18(3)4)29(23)32-22(8)27-14-10-13-26(33-27)21(7)31-28-20(6)15-19(5)16-25(28)30;/h9-18H,1-8H3;1H. The highest BCUT2D eigenvalue weighted by Gasteiger charge is 2.14. The summed E-state index contributed by atoms with van der Waals surface area (Å²) in [6.45, 7) is 16.9. The second-order valence-corrected chi connectivity index (χ2v) is 9.72. The molecule has 0 saturated heterocycles. The van der Waals surface area contributed by atoms with Crippen molar-refractivity contribution < 1.29 is 0 Å².